The zero-order valence-electron chi connectivity index (χ0n) is 16.7. The van der Waals surface area contributed by atoms with Crippen LogP contribution in [0.2, 0.25) is 0 Å². The van der Waals surface area contributed by atoms with Gasteiger partial charge in [-0.3, -0.25) is 19.3 Å². The molecule has 3 unspecified atom stereocenters. The molecule has 0 bridgehead atoms. The van der Waals surface area contributed by atoms with Crippen molar-refractivity contribution < 1.29 is 14.4 Å². The quantitative estimate of drug-likeness (QED) is 0.640. The highest BCUT2D eigenvalue weighted by atomic mass is 16.2. The zero-order chi connectivity index (χ0) is 20.0. The number of nitrogens with zero attached hydrogens (tertiary/aromatic N) is 2. The molecule has 28 heavy (non-hydrogen) atoms. The van der Waals surface area contributed by atoms with E-state index in [0.29, 0.717) is 19.4 Å². The van der Waals surface area contributed by atoms with E-state index in [1.807, 2.05) is 26.1 Å². The number of nitrogens with one attached hydrogen (secondary N) is 1. The second kappa shape index (κ2) is 7.17. The SMILES string of the molecule is CCC1CCC(=O)N(C)C(=O)C(C2NCCc3c2n(C)c2ccccc32)C1=O. The average molecular weight is 381 g/mol. The summed E-state index contributed by atoms with van der Waals surface area (Å²) in [5.41, 5.74) is 3.30. The molecular weight excluding hydrogens is 354 g/mol. The van der Waals surface area contributed by atoms with Gasteiger partial charge in [-0.05, 0) is 37.4 Å². The zero-order valence-corrected chi connectivity index (χ0v) is 16.7. The summed E-state index contributed by atoms with van der Waals surface area (Å²) < 4.78 is 2.10. The molecule has 1 N–H and O–H groups in total. The fourth-order valence-electron chi connectivity index (χ4n) is 4.90. The van der Waals surface area contributed by atoms with E-state index in [9.17, 15) is 14.4 Å². The van der Waals surface area contributed by atoms with Crippen molar-refractivity contribution in [2.75, 3.05) is 13.6 Å². The Hall–Kier alpha value is -2.47. The van der Waals surface area contributed by atoms with Crippen LogP contribution in [0.4, 0.5) is 0 Å². The molecule has 1 aromatic heterocycles. The molecule has 1 fully saturated rings. The first-order valence-electron chi connectivity index (χ1n) is 10.1. The third-order valence-electron chi connectivity index (χ3n) is 6.51. The van der Waals surface area contributed by atoms with Gasteiger partial charge in [0.05, 0.1) is 6.04 Å². The molecule has 3 atom stereocenters. The van der Waals surface area contributed by atoms with Crippen LogP contribution in [0.1, 0.15) is 43.5 Å². The lowest BCUT2D eigenvalue weighted by Crippen LogP contribution is -2.51. The Kier molecular flexibility index (Phi) is 4.83. The number of carbonyl (C=O) groups excluding carboxylic acids is 3. The number of fused-ring (bicyclic) bond motifs is 3. The Bertz CT molecular complexity index is 961. The maximum absolute atomic E-state index is 13.4. The molecule has 2 aromatic rings. The van der Waals surface area contributed by atoms with Crippen molar-refractivity contribution in [3.05, 3.63) is 35.5 Å². The number of para-hydroxylation sites is 1. The normalized spacial score (nSPS) is 26.3. The summed E-state index contributed by atoms with van der Waals surface area (Å²) in [6.07, 6.45) is 2.26. The van der Waals surface area contributed by atoms with Crippen LogP contribution >= 0.6 is 0 Å². The number of benzene rings is 1. The summed E-state index contributed by atoms with van der Waals surface area (Å²) in [7, 11) is 3.49. The number of Topliss-reactive ketones (excluding diaryl/α,β-unsaturated/α-hetero) is 1. The van der Waals surface area contributed by atoms with Crippen molar-refractivity contribution in [2.45, 2.75) is 38.6 Å². The van der Waals surface area contributed by atoms with Gasteiger partial charge in [-0.25, -0.2) is 0 Å². The first-order valence-corrected chi connectivity index (χ1v) is 10.1. The molecule has 4 rings (SSSR count). The summed E-state index contributed by atoms with van der Waals surface area (Å²) in [5.74, 6) is -1.75. The highest BCUT2D eigenvalue weighted by molar-refractivity contribution is 6.09. The predicted octanol–water partition coefficient (Wildman–Crippen LogP) is 2.36. The number of imide groups is 1. The lowest BCUT2D eigenvalue weighted by atomic mass is 9.78. The van der Waals surface area contributed by atoms with E-state index in [4.69, 9.17) is 0 Å². The standard InChI is InChI=1S/C22H27N3O3/c1-4-13-9-10-17(26)25(3)22(28)18(21(13)27)19-20-15(11-12-23-19)14-7-5-6-8-16(14)24(20)2/h5-8,13,18-19,23H,4,9-12H2,1-3H3. The lowest BCUT2D eigenvalue weighted by molar-refractivity contribution is -0.152. The number of amides is 2. The Morgan fingerprint density at radius 3 is 2.61 bits per heavy atom. The smallest absolute Gasteiger partial charge is 0.241 e. The van der Waals surface area contributed by atoms with Gasteiger partial charge in [-0.2, -0.15) is 0 Å². The summed E-state index contributed by atoms with van der Waals surface area (Å²) in [6, 6.07) is 7.77. The number of ketones is 1. The molecular formula is C22H27N3O3. The Labute approximate surface area is 164 Å². The van der Waals surface area contributed by atoms with E-state index in [0.717, 1.165) is 22.5 Å². The second-order valence-corrected chi connectivity index (χ2v) is 7.94. The molecule has 0 spiro atoms. The molecule has 1 saturated heterocycles. The van der Waals surface area contributed by atoms with Gasteiger partial charge in [0.2, 0.25) is 11.8 Å². The number of rotatable bonds is 2. The molecule has 3 heterocycles. The monoisotopic (exact) mass is 381 g/mol. The van der Waals surface area contributed by atoms with Gasteiger partial charge in [0.1, 0.15) is 11.7 Å². The van der Waals surface area contributed by atoms with Crippen LogP contribution in [-0.4, -0.2) is 40.7 Å². The van der Waals surface area contributed by atoms with Gasteiger partial charge in [0, 0.05) is 43.0 Å². The van der Waals surface area contributed by atoms with Crippen molar-refractivity contribution >= 4 is 28.5 Å². The number of carbonyl (C=O) groups is 3. The largest absolute Gasteiger partial charge is 0.346 e. The molecule has 0 radical (unpaired) electrons. The van der Waals surface area contributed by atoms with Gasteiger partial charge in [0.15, 0.2) is 0 Å². The topological polar surface area (TPSA) is 71.4 Å². The molecule has 1 aromatic carbocycles. The fourth-order valence-corrected chi connectivity index (χ4v) is 4.90. The summed E-state index contributed by atoms with van der Waals surface area (Å²) in [6.45, 7) is 2.66. The van der Waals surface area contributed by atoms with E-state index in [2.05, 4.69) is 22.0 Å². The van der Waals surface area contributed by atoms with Crippen LogP contribution in [0.25, 0.3) is 10.9 Å². The minimum atomic E-state index is -0.874. The molecule has 148 valence electrons. The van der Waals surface area contributed by atoms with Crippen LogP contribution in [0.3, 0.4) is 0 Å². The third kappa shape index (κ3) is 2.78. The number of hydrogen-bond acceptors (Lipinski definition) is 4. The van der Waals surface area contributed by atoms with Crippen molar-refractivity contribution in [1.29, 1.82) is 0 Å². The van der Waals surface area contributed by atoms with E-state index >= 15 is 0 Å². The molecule has 6 heteroatoms. The average Bonchev–Trinajstić information content (AvgIpc) is 3.00. The minimum absolute atomic E-state index is 0.0394. The maximum Gasteiger partial charge on any atom is 0.241 e. The van der Waals surface area contributed by atoms with Gasteiger partial charge >= 0.3 is 0 Å². The Morgan fingerprint density at radius 2 is 1.86 bits per heavy atom. The highest BCUT2D eigenvalue weighted by Gasteiger charge is 2.45. The van der Waals surface area contributed by atoms with Crippen LogP contribution in [-0.2, 0) is 27.9 Å². The van der Waals surface area contributed by atoms with Crippen molar-refractivity contribution in [3.63, 3.8) is 0 Å². The molecule has 2 aliphatic rings. The summed E-state index contributed by atoms with van der Waals surface area (Å²) in [5, 5.41) is 4.61. The summed E-state index contributed by atoms with van der Waals surface area (Å²) in [4.78, 5) is 40.2. The predicted molar refractivity (Wildman–Crippen MR) is 107 cm³/mol. The molecule has 2 aliphatic heterocycles. The highest BCUT2D eigenvalue weighted by Crippen LogP contribution is 2.38. The summed E-state index contributed by atoms with van der Waals surface area (Å²) >= 11 is 0. The maximum atomic E-state index is 13.4. The Morgan fingerprint density at radius 1 is 1.11 bits per heavy atom. The number of aryl methyl sites for hydroxylation is 1. The number of aromatic nitrogens is 1. The molecule has 6 nitrogen and oxygen atoms in total. The molecule has 0 aliphatic carbocycles. The third-order valence-corrected chi connectivity index (χ3v) is 6.51. The number of likely N-dealkylation sites (tertiary alicyclic amines) is 1. The number of hydrogen-bond donors (Lipinski definition) is 1. The molecule has 0 saturated carbocycles. The van der Waals surface area contributed by atoms with E-state index < -0.39 is 12.0 Å². The van der Waals surface area contributed by atoms with Crippen LogP contribution in [0.15, 0.2) is 24.3 Å². The van der Waals surface area contributed by atoms with Crippen molar-refractivity contribution in [1.82, 2.24) is 14.8 Å². The fraction of sp³-hybridized carbons (Fsp3) is 0.500. The van der Waals surface area contributed by atoms with Crippen LogP contribution in [0, 0.1) is 11.8 Å². The molecule has 2 amide bonds. The Balaban J connectivity index is 1.86. The van der Waals surface area contributed by atoms with Gasteiger partial charge in [-0.1, -0.05) is 25.1 Å². The van der Waals surface area contributed by atoms with Crippen molar-refractivity contribution in [3.8, 4) is 0 Å². The van der Waals surface area contributed by atoms with Crippen LogP contribution < -0.4 is 5.32 Å². The first-order chi connectivity index (χ1) is 13.5. The minimum Gasteiger partial charge on any atom is -0.346 e. The first kappa shape index (κ1) is 18.9. The lowest BCUT2D eigenvalue weighted by Gasteiger charge is -2.36. The second-order valence-electron chi connectivity index (χ2n) is 7.94. The van der Waals surface area contributed by atoms with E-state index in [-0.39, 0.29) is 29.9 Å². The van der Waals surface area contributed by atoms with Gasteiger partial charge in [0.25, 0.3) is 0 Å². The van der Waals surface area contributed by atoms with Gasteiger partial charge in [-0.15, -0.1) is 0 Å². The van der Waals surface area contributed by atoms with Crippen molar-refractivity contribution in [2.24, 2.45) is 18.9 Å². The van der Waals surface area contributed by atoms with E-state index in [1.54, 1.807) is 0 Å². The van der Waals surface area contributed by atoms with Crippen LogP contribution in [0.5, 0.6) is 0 Å². The van der Waals surface area contributed by atoms with Gasteiger partial charge < -0.3 is 9.88 Å². The van der Waals surface area contributed by atoms with E-state index in [1.165, 1.54) is 18.0 Å².